The fourth-order valence-corrected chi connectivity index (χ4v) is 3.86. The van der Waals surface area contributed by atoms with Crippen LogP contribution >= 0.6 is 23.2 Å². The van der Waals surface area contributed by atoms with Crippen LogP contribution in [0, 0.1) is 0 Å². The molecule has 0 fully saturated rings. The molecule has 7 heteroatoms. The predicted octanol–water partition coefficient (Wildman–Crippen LogP) is 7.19. The number of ether oxygens (including phenoxy) is 1. The summed E-state index contributed by atoms with van der Waals surface area (Å²) in [5, 5.41) is 3.46. The highest BCUT2D eigenvalue weighted by atomic mass is 35.5. The normalized spacial score (nSPS) is 11.2. The van der Waals surface area contributed by atoms with E-state index in [4.69, 9.17) is 32.4 Å². The molecule has 4 aromatic rings. The summed E-state index contributed by atoms with van der Waals surface area (Å²) >= 11 is 12.2. The highest BCUT2D eigenvalue weighted by Crippen LogP contribution is 2.33. The molecule has 0 saturated carbocycles. The first-order valence-corrected chi connectivity index (χ1v) is 10.5. The molecule has 0 bridgehead atoms. The second-order valence-corrected chi connectivity index (χ2v) is 8.25. The van der Waals surface area contributed by atoms with E-state index in [9.17, 15) is 4.79 Å². The minimum absolute atomic E-state index is 0.244. The summed E-state index contributed by atoms with van der Waals surface area (Å²) in [6, 6.07) is 16.3. The van der Waals surface area contributed by atoms with E-state index >= 15 is 0 Å². The fraction of sp³-hybridized carbons (Fsp3) is 0.167. The van der Waals surface area contributed by atoms with E-state index in [1.165, 1.54) is 24.8 Å². The molecule has 0 saturated heterocycles. The van der Waals surface area contributed by atoms with E-state index in [0.29, 0.717) is 28.1 Å². The van der Waals surface area contributed by atoms with Gasteiger partial charge in [0.05, 0.1) is 17.7 Å². The minimum atomic E-state index is -0.391. The Balaban J connectivity index is 1.64. The van der Waals surface area contributed by atoms with Crippen molar-refractivity contribution >= 4 is 45.9 Å². The van der Waals surface area contributed by atoms with Gasteiger partial charge in [0.25, 0.3) is 5.91 Å². The number of carbonyl (C=O) groups is 1. The molecule has 4 rings (SSSR count). The SMILES string of the molecule is COc1c(Cl)cc(Cl)cc1C(=O)Nc1cccc(-c2nc3cc(C(C)C)ccc3o2)c1. The number of nitrogens with one attached hydrogen (secondary N) is 1. The molecule has 5 nitrogen and oxygen atoms in total. The first-order valence-electron chi connectivity index (χ1n) is 9.71. The van der Waals surface area contributed by atoms with Gasteiger partial charge in [-0.15, -0.1) is 0 Å². The van der Waals surface area contributed by atoms with Crippen LogP contribution < -0.4 is 10.1 Å². The third kappa shape index (κ3) is 4.38. The number of rotatable bonds is 5. The van der Waals surface area contributed by atoms with E-state index in [1.54, 1.807) is 12.1 Å². The van der Waals surface area contributed by atoms with Crippen LogP contribution in [0.4, 0.5) is 5.69 Å². The van der Waals surface area contributed by atoms with Crippen molar-refractivity contribution < 1.29 is 13.9 Å². The molecule has 0 aliphatic rings. The van der Waals surface area contributed by atoms with Crippen LogP contribution in [0.3, 0.4) is 0 Å². The van der Waals surface area contributed by atoms with Crippen molar-refractivity contribution in [2.45, 2.75) is 19.8 Å². The first kappa shape index (κ1) is 21.2. The number of halogens is 2. The number of hydrogen-bond acceptors (Lipinski definition) is 4. The summed E-state index contributed by atoms with van der Waals surface area (Å²) in [5.41, 5.74) is 4.28. The summed E-state index contributed by atoms with van der Waals surface area (Å²) < 4.78 is 11.2. The van der Waals surface area contributed by atoms with E-state index in [1.807, 2.05) is 30.3 Å². The molecule has 1 heterocycles. The molecule has 158 valence electrons. The van der Waals surface area contributed by atoms with E-state index in [2.05, 4.69) is 24.1 Å². The Hall–Kier alpha value is -3.02. The van der Waals surface area contributed by atoms with Crippen LogP contribution in [0.1, 0.15) is 35.7 Å². The summed E-state index contributed by atoms with van der Waals surface area (Å²) in [6.07, 6.45) is 0. The molecule has 1 N–H and O–H groups in total. The highest BCUT2D eigenvalue weighted by Gasteiger charge is 2.18. The molecule has 1 amide bonds. The van der Waals surface area contributed by atoms with Gasteiger partial charge >= 0.3 is 0 Å². The van der Waals surface area contributed by atoms with Crippen LogP contribution in [0.25, 0.3) is 22.6 Å². The van der Waals surface area contributed by atoms with Crippen molar-refractivity contribution in [3.8, 4) is 17.2 Å². The quantitative estimate of drug-likeness (QED) is 0.346. The number of methoxy groups -OCH3 is 1. The molecule has 31 heavy (non-hydrogen) atoms. The molecular formula is C24H20Cl2N2O3. The van der Waals surface area contributed by atoms with Crippen LogP contribution in [0.5, 0.6) is 5.75 Å². The van der Waals surface area contributed by atoms with Crippen molar-refractivity contribution in [2.24, 2.45) is 0 Å². The molecular weight excluding hydrogens is 435 g/mol. The minimum Gasteiger partial charge on any atom is -0.494 e. The topological polar surface area (TPSA) is 64.4 Å². The monoisotopic (exact) mass is 454 g/mol. The molecule has 1 aromatic heterocycles. The van der Waals surface area contributed by atoms with Crippen LogP contribution in [0.2, 0.25) is 10.0 Å². The Labute approximate surface area is 189 Å². The summed E-state index contributed by atoms with van der Waals surface area (Å²) in [7, 11) is 1.45. The zero-order valence-electron chi connectivity index (χ0n) is 17.2. The van der Waals surface area contributed by atoms with Crippen LogP contribution in [-0.4, -0.2) is 18.0 Å². The Morgan fingerprint density at radius 3 is 2.65 bits per heavy atom. The summed E-state index contributed by atoms with van der Waals surface area (Å²) in [4.78, 5) is 17.5. The number of hydrogen-bond donors (Lipinski definition) is 1. The van der Waals surface area contributed by atoms with Crippen molar-refractivity contribution in [1.29, 1.82) is 0 Å². The highest BCUT2D eigenvalue weighted by molar-refractivity contribution is 6.36. The molecule has 0 aliphatic carbocycles. The Kier molecular flexibility index (Phi) is 5.90. The van der Waals surface area contributed by atoms with Gasteiger partial charge in [-0.25, -0.2) is 4.98 Å². The average Bonchev–Trinajstić information content (AvgIpc) is 3.17. The van der Waals surface area contributed by atoms with Crippen molar-refractivity contribution in [2.75, 3.05) is 12.4 Å². The van der Waals surface area contributed by atoms with Gasteiger partial charge in [0.2, 0.25) is 5.89 Å². The zero-order valence-corrected chi connectivity index (χ0v) is 18.7. The van der Waals surface area contributed by atoms with Crippen molar-refractivity contribution in [1.82, 2.24) is 4.98 Å². The largest absolute Gasteiger partial charge is 0.494 e. The predicted molar refractivity (Wildman–Crippen MR) is 125 cm³/mol. The van der Waals surface area contributed by atoms with Gasteiger partial charge in [0.1, 0.15) is 11.3 Å². The van der Waals surface area contributed by atoms with E-state index < -0.39 is 5.91 Å². The van der Waals surface area contributed by atoms with E-state index in [-0.39, 0.29) is 16.3 Å². The maximum Gasteiger partial charge on any atom is 0.259 e. The molecule has 0 unspecified atom stereocenters. The average molecular weight is 455 g/mol. The number of nitrogens with zero attached hydrogens (tertiary/aromatic N) is 1. The molecule has 0 aliphatic heterocycles. The third-order valence-electron chi connectivity index (χ3n) is 4.90. The summed E-state index contributed by atoms with van der Waals surface area (Å²) in [6.45, 7) is 4.27. The lowest BCUT2D eigenvalue weighted by Gasteiger charge is -2.12. The molecule has 3 aromatic carbocycles. The zero-order chi connectivity index (χ0) is 22.1. The van der Waals surface area contributed by atoms with Crippen molar-refractivity contribution in [3.63, 3.8) is 0 Å². The lowest BCUT2D eigenvalue weighted by molar-refractivity contribution is 0.102. The van der Waals surface area contributed by atoms with Crippen LogP contribution in [-0.2, 0) is 0 Å². The van der Waals surface area contributed by atoms with Gasteiger partial charge in [0.15, 0.2) is 5.58 Å². The van der Waals surface area contributed by atoms with E-state index in [0.717, 1.165) is 11.1 Å². The maximum atomic E-state index is 12.8. The second-order valence-electron chi connectivity index (χ2n) is 7.40. The maximum absolute atomic E-state index is 12.8. The summed E-state index contributed by atoms with van der Waals surface area (Å²) in [5.74, 6) is 0.757. The number of fused-ring (bicyclic) bond motifs is 1. The third-order valence-corrected chi connectivity index (χ3v) is 5.40. The van der Waals surface area contributed by atoms with Gasteiger partial charge in [-0.2, -0.15) is 0 Å². The number of carbonyl (C=O) groups excluding carboxylic acids is 1. The van der Waals surface area contributed by atoms with Gasteiger partial charge < -0.3 is 14.5 Å². The lowest BCUT2D eigenvalue weighted by Crippen LogP contribution is -2.13. The second kappa shape index (κ2) is 8.61. The number of oxazole rings is 1. The smallest absolute Gasteiger partial charge is 0.259 e. The molecule has 0 radical (unpaired) electrons. The number of aromatic nitrogens is 1. The van der Waals surface area contributed by atoms with Gasteiger partial charge in [-0.1, -0.05) is 49.2 Å². The van der Waals surface area contributed by atoms with Gasteiger partial charge in [-0.05, 0) is 53.9 Å². The Morgan fingerprint density at radius 1 is 1.10 bits per heavy atom. The number of benzene rings is 3. The Bertz CT molecular complexity index is 1280. The molecule has 0 spiro atoms. The van der Waals surface area contributed by atoms with Crippen molar-refractivity contribution in [3.05, 3.63) is 75.8 Å². The molecule has 0 atom stereocenters. The number of anilines is 1. The Morgan fingerprint density at radius 2 is 1.90 bits per heavy atom. The standard InChI is InChI=1S/C24H20Cl2N2O3/c1-13(2)14-7-8-21-20(10-14)28-24(31-21)15-5-4-6-17(9-15)27-23(29)18-11-16(25)12-19(26)22(18)30-3/h4-13H,1-3H3,(H,27,29). The lowest BCUT2D eigenvalue weighted by atomic mass is 10.0. The first-order chi connectivity index (χ1) is 14.9. The van der Waals surface area contributed by atoms with Gasteiger partial charge in [0, 0.05) is 16.3 Å². The van der Waals surface area contributed by atoms with Crippen LogP contribution in [0.15, 0.2) is 59.0 Å². The van der Waals surface area contributed by atoms with Gasteiger partial charge in [-0.3, -0.25) is 4.79 Å². The number of amides is 1. The fourth-order valence-electron chi connectivity index (χ4n) is 3.29.